The van der Waals surface area contributed by atoms with Crippen LogP contribution in [0.15, 0.2) is 24.3 Å². The molecule has 0 saturated carbocycles. The Hall–Kier alpha value is -0.510. The number of rotatable bonds is 5. The molecule has 88 valence electrons. The van der Waals surface area contributed by atoms with E-state index >= 15 is 0 Å². The van der Waals surface area contributed by atoms with Crippen LogP contribution in [-0.2, 0) is 6.42 Å². The van der Waals surface area contributed by atoms with Crippen molar-refractivity contribution >= 4 is 11.8 Å². The zero-order valence-electron chi connectivity index (χ0n) is 9.65. The summed E-state index contributed by atoms with van der Waals surface area (Å²) in [6.07, 6.45) is 0.526. The highest BCUT2D eigenvalue weighted by atomic mass is 32.2. The molecular weight excluding hydrogens is 218 g/mol. The van der Waals surface area contributed by atoms with Gasteiger partial charge in [-0.1, -0.05) is 31.2 Å². The molecule has 0 radical (unpaired) electrons. The van der Waals surface area contributed by atoms with Crippen LogP contribution in [0.25, 0.3) is 0 Å². The van der Waals surface area contributed by atoms with Gasteiger partial charge in [0.25, 0.3) is 0 Å². The lowest BCUT2D eigenvalue weighted by Crippen LogP contribution is -2.30. The lowest BCUT2D eigenvalue weighted by molar-refractivity contribution is 0.142. The van der Waals surface area contributed by atoms with E-state index in [0.29, 0.717) is 0 Å². The summed E-state index contributed by atoms with van der Waals surface area (Å²) in [6.45, 7) is 3.14. The maximum Gasteiger partial charge on any atom is 0.0775 e. The Morgan fingerprint density at radius 1 is 1.44 bits per heavy atom. The lowest BCUT2D eigenvalue weighted by atomic mass is 10.1. The summed E-state index contributed by atoms with van der Waals surface area (Å²) in [6, 6.07) is 8.46. The third-order valence-electron chi connectivity index (χ3n) is 3.02. The predicted octanol–water partition coefficient (Wildman–Crippen LogP) is 1.99. The van der Waals surface area contributed by atoms with Gasteiger partial charge in [-0.3, -0.25) is 0 Å². The Balaban J connectivity index is 1.94. The van der Waals surface area contributed by atoms with Crippen molar-refractivity contribution < 1.29 is 5.11 Å². The van der Waals surface area contributed by atoms with Crippen LogP contribution in [0.5, 0.6) is 0 Å². The SMILES string of the molecule is CCSCCN[C@@H]1c2ccccc2C[C@@H]1O. The topological polar surface area (TPSA) is 32.3 Å². The van der Waals surface area contributed by atoms with Crippen molar-refractivity contribution in [2.75, 3.05) is 18.1 Å². The van der Waals surface area contributed by atoms with Crippen molar-refractivity contribution in [3.05, 3.63) is 35.4 Å². The van der Waals surface area contributed by atoms with Crippen molar-refractivity contribution in [1.82, 2.24) is 5.32 Å². The van der Waals surface area contributed by atoms with E-state index in [-0.39, 0.29) is 12.1 Å². The van der Waals surface area contributed by atoms with E-state index in [0.717, 1.165) is 24.5 Å². The van der Waals surface area contributed by atoms with Gasteiger partial charge in [-0.2, -0.15) is 11.8 Å². The van der Waals surface area contributed by atoms with E-state index in [1.807, 2.05) is 23.9 Å². The van der Waals surface area contributed by atoms with E-state index in [1.165, 1.54) is 11.1 Å². The molecule has 1 aromatic carbocycles. The Morgan fingerprint density at radius 3 is 3.06 bits per heavy atom. The minimum Gasteiger partial charge on any atom is -0.391 e. The number of benzene rings is 1. The highest BCUT2D eigenvalue weighted by molar-refractivity contribution is 7.99. The number of hydrogen-bond donors (Lipinski definition) is 2. The van der Waals surface area contributed by atoms with Crippen LogP contribution in [0.3, 0.4) is 0 Å². The van der Waals surface area contributed by atoms with E-state index in [1.54, 1.807) is 0 Å². The van der Waals surface area contributed by atoms with Gasteiger partial charge >= 0.3 is 0 Å². The number of hydrogen-bond acceptors (Lipinski definition) is 3. The molecule has 0 spiro atoms. The molecule has 1 aromatic rings. The third kappa shape index (κ3) is 2.59. The first-order chi connectivity index (χ1) is 7.83. The van der Waals surface area contributed by atoms with Crippen molar-refractivity contribution in [2.24, 2.45) is 0 Å². The maximum atomic E-state index is 10.00. The Labute approximate surface area is 101 Å². The predicted molar refractivity (Wildman–Crippen MR) is 69.9 cm³/mol. The summed E-state index contributed by atoms with van der Waals surface area (Å²) in [7, 11) is 0. The minimum absolute atomic E-state index is 0.133. The van der Waals surface area contributed by atoms with Crippen LogP contribution in [0.4, 0.5) is 0 Å². The average Bonchev–Trinajstić information content (AvgIpc) is 2.61. The smallest absolute Gasteiger partial charge is 0.0775 e. The summed E-state index contributed by atoms with van der Waals surface area (Å²) >= 11 is 1.93. The van der Waals surface area contributed by atoms with Crippen LogP contribution in [0.2, 0.25) is 0 Å². The summed E-state index contributed by atoms with van der Waals surface area (Å²) in [5.41, 5.74) is 2.56. The average molecular weight is 237 g/mol. The molecule has 0 heterocycles. The van der Waals surface area contributed by atoms with Gasteiger partial charge in [0.05, 0.1) is 12.1 Å². The van der Waals surface area contributed by atoms with E-state index in [9.17, 15) is 5.11 Å². The fraction of sp³-hybridized carbons (Fsp3) is 0.538. The summed E-state index contributed by atoms with van der Waals surface area (Å²) in [4.78, 5) is 0. The number of fused-ring (bicyclic) bond motifs is 1. The fourth-order valence-electron chi connectivity index (χ4n) is 2.25. The minimum atomic E-state index is -0.260. The molecule has 2 nitrogen and oxygen atoms in total. The van der Waals surface area contributed by atoms with Gasteiger partial charge in [-0.15, -0.1) is 0 Å². The van der Waals surface area contributed by atoms with E-state index in [2.05, 4.69) is 24.4 Å². The molecule has 16 heavy (non-hydrogen) atoms. The molecule has 1 aliphatic carbocycles. The molecule has 2 N–H and O–H groups in total. The summed E-state index contributed by atoms with van der Waals surface area (Å²) in [5.74, 6) is 2.27. The van der Waals surface area contributed by atoms with E-state index < -0.39 is 0 Å². The van der Waals surface area contributed by atoms with Crippen LogP contribution < -0.4 is 5.32 Å². The molecule has 0 saturated heterocycles. The molecular formula is C13H19NOS. The van der Waals surface area contributed by atoms with Crippen LogP contribution in [0.1, 0.15) is 24.1 Å². The van der Waals surface area contributed by atoms with E-state index in [4.69, 9.17) is 0 Å². The lowest BCUT2D eigenvalue weighted by Gasteiger charge is -2.17. The first kappa shape index (κ1) is 12.0. The highest BCUT2D eigenvalue weighted by Gasteiger charge is 2.29. The first-order valence-electron chi connectivity index (χ1n) is 5.90. The summed E-state index contributed by atoms with van der Waals surface area (Å²) < 4.78 is 0. The van der Waals surface area contributed by atoms with Crippen molar-refractivity contribution in [3.8, 4) is 0 Å². The molecule has 0 aromatic heterocycles. The molecule has 0 aliphatic heterocycles. The number of thioether (sulfide) groups is 1. The third-order valence-corrected chi connectivity index (χ3v) is 3.92. The van der Waals surface area contributed by atoms with Crippen LogP contribution in [-0.4, -0.2) is 29.3 Å². The monoisotopic (exact) mass is 237 g/mol. The van der Waals surface area contributed by atoms with Gasteiger partial charge in [0.2, 0.25) is 0 Å². The standard InChI is InChI=1S/C13H19NOS/c1-2-16-8-7-14-13-11-6-4-3-5-10(11)9-12(13)15/h3-6,12-15H,2,7-9H2,1H3/t12-,13+/m0/s1. The van der Waals surface area contributed by atoms with Gasteiger partial charge in [0.15, 0.2) is 0 Å². The second-order valence-corrected chi connectivity index (χ2v) is 5.49. The quantitative estimate of drug-likeness (QED) is 0.768. The first-order valence-corrected chi connectivity index (χ1v) is 7.05. The van der Waals surface area contributed by atoms with Gasteiger partial charge in [0, 0.05) is 18.7 Å². The molecule has 0 bridgehead atoms. The molecule has 0 amide bonds. The van der Waals surface area contributed by atoms with Crippen molar-refractivity contribution in [2.45, 2.75) is 25.5 Å². The zero-order valence-corrected chi connectivity index (χ0v) is 10.5. The van der Waals surface area contributed by atoms with Crippen LogP contribution >= 0.6 is 11.8 Å². The Bertz CT molecular complexity index is 342. The molecule has 2 atom stereocenters. The van der Waals surface area contributed by atoms with Crippen LogP contribution in [0, 0.1) is 0 Å². The fourth-order valence-corrected chi connectivity index (χ4v) is 2.80. The molecule has 1 aliphatic rings. The largest absolute Gasteiger partial charge is 0.391 e. The second-order valence-electron chi connectivity index (χ2n) is 4.10. The van der Waals surface area contributed by atoms with Gasteiger partial charge in [-0.25, -0.2) is 0 Å². The summed E-state index contributed by atoms with van der Waals surface area (Å²) in [5, 5.41) is 13.4. The molecule has 0 unspecified atom stereocenters. The number of aliphatic hydroxyl groups excluding tert-OH is 1. The highest BCUT2D eigenvalue weighted by Crippen LogP contribution is 2.30. The number of nitrogens with one attached hydrogen (secondary N) is 1. The van der Waals surface area contributed by atoms with Gasteiger partial charge < -0.3 is 10.4 Å². The van der Waals surface area contributed by atoms with Gasteiger partial charge in [0.1, 0.15) is 0 Å². The second kappa shape index (κ2) is 5.71. The Kier molecular flexibility index (Phi) is 4.27. The normalized spacial score (nSPS) is 23.4. The molecule has 0 fully saturated rings. The molecule has 2 rings (SSSR count). The number of aliphatic hydroxyl groups is 1. The van der Waals surface area contributed by atoms with Crippen molar-refractivity contribution in [3.63, 3.8) is 0 Å². The van der Waals surface area contributed by atoms with Crippen molar-refractivity contribution in [1.29, 1.82) is 0 Å². The maximum absolute atomic E-state index is 10.00. The Morgan fingerprint density at radius 2 is 2.25 bits per heavy atom. The zero-order chi connectivity index (χ0) is 11.4. The van der Waals surface area contributed by atoms with Gasteiger partial charge in [-0.05, 0) is 16.9 Å². The molecule has 3 heteroatoms.